The summed E-state index contributed by atoms with van der Waals surface area (Å²) in [6.45, 7) is 1.07. The minimum Gasteiger partial charge on any atom is -0.350 e. The number of rotatable bonds is 4. The van der Waals surface area contributed by atoms with Crippen LogP contribution in [-0.2, 0) is 17.9 Å². The largest absolute Gasteiger partial charge is 0.350 e. The molecule has 3 N–H and O–H groups in total. The zero-order valence-electron chi connectivity index (χ0n) is 11.0. The second kappa shape index (κ2) is 7.12. The molecule has 0 fully saturated rings. The summed E-state index contributed by atoms with van der Waals surface area (Å²) in [6, 6.07) is 9.49. The summed E-state index contributed by atoms with van der Waals surface area (Å²) in [7, 11) is 0. The monoisotopic (exact) mass is 268 g/mol. The van der Waals surface area contributed by atoms with Crippen LogP contribution in [0.1, 0.15) is 11.1 Å². The molecule has 0 saturated heterocycles. The number of amides is 1. The predicted octanol–water partition coefficient (Wildman–Crippen LogP) is 0.510. The molecule has 102 valence electrons. The molecule has 0 aliphatic heterocycles. The number of nitrogens with one attached hydrogen (secondary N) is 1. The fraction of sp³-hybridized carbons (Fsp3) is 0.200. The summed E-state index contributed by atoms with van der Waals surface area (Å²) < 4.78 is 1.58. The Kier molecular flexibility index (Phi) is 4.93. The maximum absolute atomic E-state index is 11.7. The van der Waals surface area contributed by atoms with Crippen LogP contribution in [0.5, 0.6) is 0 Å². The molecule has 0 saturated carbocycles. The van der Waals surface area contributed by atoms with E-state index in [2.05, 4.69) is 22.3 Å². The normalized spacial score (nSPS) is 9.65. The van der Waals surface area contributed by atoms with Crippen molar-refractivity contribution in [2.45, 2.75) is 13.1 Å². The van der Waals surface area contributed by atoms with Gasteiger partial charge in [0.15, 0.2) is 0 Å². The van der Waals surface area contributed by atoms with E-state index in [4.69, 9.17) is 5.73 Å². The second-order valence-corrected chi connectivity index (χ2v) is 4.18. The number of benzene rings is 1. The minimum atomic E-state index is -0.0688. The number of hydrogen-bond acceptors (Lipinski definition) is 3. The van der Waals surface area contributed by atoms with Crippen molar-refractivity contribution in [1.29, 1.82) is 0 Å². The molecule has 0 bridgehead atoms. The van der Waals surface area contributed by atoms with E-state index in [-0.39, 0.29) is 12.5 Å². The fourth-order valence-electron chi connectivity index (χ4n) is 1.66. The van der Waals surface area contributed by atoms with Crippen molar-refractivity contribution < 1.29 is 4.79 Å². The quantitative estimate of drug-likeness (QED) is 0.794. The van der Waals surface area contributed by atoms with Gasteiger partial charge in [-0.05, 0) is 23.8 Å². The molecule has 1 heterocycles. The van der Waals surface area contributed by atoms with E-state index < -0.39 is 0 Å². The Labute approximate surface area is 117 Å². The van der Waals surface area contributed by atoms with Crippen LogP contribution in [0.3, 0.4) is 0 Å². The number of aromatic nitrogens is 2. The molecule has 0 spiro atoms. The number of nitrogens with zero attached hydrogens (tertiary/aromatic N) is 2. The van der Waals surface area contributed by atoms with Crippen LogP contribution >= 0.6 is 0 Å². The van der Waals surface area contributed by atoms with Gasteiger partial charge in [-0.2, -0.15) is 5.10 Å². The molecular formula is C15H16N4O. The Balaban J connectivity index is 1.83. The van der Waals surface area contributed by atoms with Crippen molar-refractivity contribution >= 4 is 5.91 Å². The average Bonchev–Trinajstić information content (AvgIpc) is 2.97. The van der Waals surface area contributed by atoms with Gasteiger partial charge < -0.3 is 11.1 Å². The maximum atomic E-state index is 11.7. The minimum absolute atomic E-state index is 0.0688. The van der Waals surface area contributed by atoms with Gasteiger partial charge >= 0.3 is 0 Å². The van der Waals surface area contributed by atoms with Gasteiger partial charge in [-0.3, -0.25) is 9.48 Å². The Morgan fingerprint density at radius 1 is 1.35 bits per heavy atom. The molecule has 5 nitrogen and oxygen atoms in total. The van der Waals surface area contributed by atoms with E-state index in [0.717, 1.165) is 11.1 Å². The Hall–Kier alpha value is -2.58. The van der Waals surface area contributed by atoms with E-state index in [1.807, 2.05) is 24.3 Å². The first-order chi connectivity index (χ1) is 9.78. The molecule has 20 heavy (non-hydrogen) atoms. The summed E-state index contributed by atoms with van der Waals surface area (Å²) in [4.78, 5) is 11.7. The maximum Gasteiger partial charge on any atom is 0.241 e. The van der Waals surface area contributed by atoms with Crippen LogP contribution in [0.15, 0.2) is 42.7 Å². The third kappa shape index (κ3) is 4.26. The van der Waals surface area contributed by atoms with Gasteiger partial charge in [0.25, 0.3) is 0 Å². The molecule has 5 heteroatoms. The Morgan fingerprint density at radius 2 is 2.15 bits per heavy atom. The number of nitrogens with two attached hydrogens (primary N) is 1. The van der Waals surface area contributed by atoms with Crippen molar-refractivity contribution in [3.05, 3.63) is 53.9 Å². The molecule has 0 unspecified atom stereocenters. The molecule has 1 aromatic heterocycles. The summed E-state index contributed by atoms with van der Waals surface area (Å²) in [5.41, 5.74) is 7.26. The van der Waals surface area contributed by atoms with Gasteiger partial charge in [0.1, 0.15) is 6.54 Å². The second-order valence-electron chi connectivity index (χ2n) is 4.18. The van der Waals surface area contributed by atoms with Crippen LogP contribution in [-0.4, -0.2) is 22.2 Å². The van der Waals surface area contributed by atoms with E-state index in [1.54, 1.807) is 23.1 Å². The Bertz CT molecular complexity index is 606. The summed E-state index contributed by atoms with van der Waals surface area (Å²) in [6.07, 6.45) is 3.40. The van der Waals surface area contributed by atoms with Crippen LogP contribution in [0, 0.1) is 11.8 Å². The molecule has 1 aromatic carbocycles. The average molecular weight is 268 g/mol. The smallest absolute Gasteiger partial charge is 0.241 e. The van der Waals surface area contributed by atoms with Crippen LogP contribution in [0.2, 0.25) is 0 Å². The number of carbonyl (C=O) groups excluding carboxylic acids is 1. The van der Waals surface area contributed by atoms with Gasteiger partial charge in [-0.25, -0.2) is 0 Å². The van der Waals surface area contributed by atoms with Crippen LogP contribution < -0.4 is 11.1 Å². The Morgan fingerprint density at radius 3 is 2.80 bits per heavy atom. The third-order valence-corrected chi connectivity index (χ3v) is 2.64. The first kappa shape index (κ1) is 13.8. The summed E-state index contributed by atoms with van der Waals surface area (Å²) in [5.74, 6) is 5.68. The highest BCUT2D eigenvalue weighted by molar-refractivity contribution is 5.75. The SMILES string of the molecule is NCC#Cc1ccc(CNC(=O)Cn2cccn2)cc1. The topological polar surface area (TPSA) is 72.9 Å². The van der Waals surface area contributed by atoms with E-state index in [1.165, 1.54) is 0 Å². The lowest BCUT2D eigenvalue weighted by Crippen LogP contribution is -2.27. The lowest BCUT2D eigenvalue weighted by Gasteiger charge is -2.05. The van der Waals surface area contributed by atoms with Crippen molar-refractivity contribution in [1.82, 2.24) is 15.1 Å². The standard InChI is InChI=1S/C15H16N4O/c16-8-1-3-13-4-6-14(7-5-13)11-17-15(20)12-19-10-2-9-18-19/h2,4-7,9-10H,8,11-12,16H2,(H,17,20). The summed E-state index contributed by atoms with van der Waals surface area (Å²) in [5, 5.41) is 6.83. The van der Waals surface area contributed by atoms with Crippen molar-refractivity contribution in [2.24, 2.45) is 5.73 Å². The highest BCUT2D eigenvalue weighted by Crippen LogP contribution is 2.03. The molecule has 0 atom stereocenters. The molecule has 0 aliphatic carbocycles. The van der Waals surface area contributed by atoms with Gasteiger partial charge in [-0.15, -0.1) is 0 Å². The van der Waals surface area contributed by atoms with Gasteiger partial charge in [0.2, 0.25) is 5.91 Å². The van der Waals surface area contributed by atoms with Crippen molar-refractivity contribution in [3.63, 3.8) is 0 Å². The highest BCUT2D eigenvalue weighted by atomic mass is 16.2. The van der Waals surface area contributed by atoms with Gasteiger partial charge in [0.05, 0.1) is 6.54 Å². The van der Waals surface area contributed by atoms with Crippen molar-refractivity contribution in [3.8, 4) is 11.8 Å². The third-order valence-electron chi connectivity index (χ3n) is 2.64. The van der Waals surface area contributed by atoms with Gasteiger partial charge in [0, 0.05) is 24.5 Å². The van der Waals surface area contributed by atoms with E-state index >= 15 is 0 Å². The lowest BCUT2D eigenvalue weighted by molar-refractivity contribution is -0.122. The summed E-state index contributed by atoms with van der Waals surface area (Å²) >= 11 is 0. The fourth-order valence-corrected chi connectivity index (χ4v) is 1.66. The van der Waals surface area contributed by atoms with Crippen LogP contribution in [0.25, 0.3) is 0 Å². The van der Waals surface area contributed by atoms with E-state index in [9.17, 15) is 4.79 Å². The molecular weight excluding hydrogens is 252 g/mol. The van der Waals surface area contributed by atoms with E-state index in [0.29, 0.717) is 13.1 Å². The molecule has 0 radical (unpaired) electrons. The number of hydrogen-bond donors (Lipinski definition) is 2. The first-order valence-electron chi connectivity index (χ1n) is 6.30. The molecule has 1 amide bonds. The molecule has 2 rings (SSSR count). The van der Waals surface area contributed by atoms with Crippen molar-refractivity contribution in [2.75, 3.05) is 6.54 Å². The first-order valence-corrected chi connectivity index (χ1v) is 6.30. The number of carbonyl (C=O) groups is 1. The zero-order valence-corrected chi connectivity index (χ0v) is 11.0. The zero-order chi connectivity index (χ0) is 14.2. The molecule has 0 aliphatic rings. The van der Waals surface area contributed by atoms with Crippen LogP contribution in [0.4, 0.5) is 0 Å². The van der Waals surface area contributed by atoms with Gasteiger partial charge in [-0.1, -0.05) is 24.0 Å². The lowest BCUT2D eigenvalue weighted by atomic mass is 10.1. The highest BCUT2D eigenvalue weighted by Gasteiger charge is 2.02. The molecule has 2 aromatic rings. The predicted molar refractivity (Wildman–Crippen MR) is 76.4 cm³/mol.